The van der Waals surface area contributed by atoms with Crippen LogP contribution < -0.4 is 0 Å². The zero-order valence-electron chi connectivity index (χ0n) is 14.2. The Kier molecular flexibility index (Phi) is 3.49. The second-order valence-electron chi connectivity index (χ2n) is 6.23. The van der Waals surface area contributed by atoms with Gasteiger partial charge in [-0.05, 0) is 44.0 Å². The van der Waals surface area contributed by atoms with Crippen molar-refractivity contribution in [2.75, 3.05) is 0 Å². The molecule has 0 aliphatic heterocycles. The molecule has 0 fully saturated rings. The number of aryl methyl sites for hydroxylation is 3. The van der Waals surface area contributed by atoms with Crippen LogP contribution in [0.25, 0.3) is 22.3 Å². The minimum absolute atomic E-state index is 0.146. The lowest BCUT2D eigenvalue weighted by Gasteiger charge is -2.12. The highest BCUT2D eigenvalue weighted by atomic mass is 32.1. The summed E-state index contributed by atoms with van der Waals surface area (Å²) < 4.78 is 4.00. The molecule has 0 aliphatic carbocycles. The van der Waals surface area contributed by atoms with Crippen molar-refractivity contribution >= 4 is 22.4 Å². The van der Waals surface area contributed by atoms with E-state index in [1.807, 2.05) is 25.8 Å². The van der Waals surface area contributed by atoms with E-state index >= 15 is 0 Å². The molecule has 0 radical (unpaired) electrons. The number of rotatable bonds is 3. The quantitative estimate of drug-likeness (QED) is 0.565. The Balaban J connectivity index is 1.73. The van der Waals surface area contributed by atoms with Gasteiger partial charge in [-0.1, -0.05) is 0 Å². The molecule has 24 heavy (non-hydrogen) atoms. The predicted molar refractivity (Wildman–Crippen MR) is 97.3 cm³/mol. The van der Waals surface area contributed by atoms with Gasteiger partial charge in [0.05, 0.1) is 35.3 Å². The minimum Gasteiger partial charge on any atom is -0.321 e. The Morgan fingerprint density at radius 2 is 1.96 bits per heavy atom. The number of hydrogen-bond donors (Lipinski definition) is 0. The summed E-state index contributed by atoms with van der Waals surface area (Å²) in [6, 6.07) is 4.51. The van der Waals surface area contributed by atoms with Gasteiger partial charge in [0.25, 0.3) is 0 Å². The molecule has 0 saturated heterocycles. The first-order valence-corrected chi connectivity index (χ1v) is 8.79. The van der Waals surface area contributed by atoms with E-state index < -0.39 is 0 Å². The molecule has 0 amide bonds. The first-order valence-electron chi connectivity index (χ1n) is 7.91. The third-order valence-corrected chi connectivity index (χ3v) is 5.50. The van der Waals surface area contributed by atoms with Crippen LogP contribution in [0.5, 0.6) is 0 Å². The van der Waals surface area contributed by atoms with Crippen molar-refractivity contribution in [1.82, 2.24) is 24.3 Å². The fraction of sp³-hybridized carbons (Fsp3) is 0.278. The Labute approximate surface area is 144 Å². The highest BCUT2D eigenvalue weighted by Gasteiger charge is 2.16. The van der Waals surface area contributed by atoms with E-state index in [1.165, 1.54) is 11.1 Å². The van der Waals surface area contributed by atoms with E-state index in [4.69, 9.17) is 4.98 Å². The second kappa shape index (κ2) is 5.56. The summed E-state index contributed by atoms with van der Waals surface area (Å²) in [5.74, 6) is 0. The number of benzene rings is 1. The molecule has 3 heterocycles. The topological polar surface area (TPSA) is 48.5 Å². The molecule has 0 unspecified atom stereocenters. The zero-order chi connectivity index (χ0) is 16.8. The average Bonchev–Trinajstić information content (AvgIpc) is 3.26. The molecule has 1 atom stereocenters. The van der Waals surface area contributed by atoms with Crippen LogP contribution in [0.2, 0.25) is 0 Å². The molecule has 6 heteroatoms. The van der Waals surface area contributed by atoms with Crippen LogP contribution in [0.3, 0.4) is 0 Å². The first kappa shape index (κ1) is 15.1. The molecule has 0 bridgehead atoms. The maximum absolute atomic E-state index is 4.81. The van der Waals surface area contributed by atoms with Gasteiger partial charge >= 0.3 is 0 Å². The monoisotopic (exact) mass is 337 g/mol. The van der Waals surface area contributed by atoms with E-state index in [-0.39, 0.29) is 6.04 Å². The number of imidazole rings is 1. The summed E-state index contributed by atoms with van der Waals surface area (Å²) >= 11 is 1.68. The first-order chi connectivity index (χ1) is 11.5. The molecule has 122 valence electrons. The molecule has 4 aromatic rings. The van der Waals surface area contributed by atoms with Gasteiger partial charge < -0.3 is 4.57 Å². The molecular weight excluding hydrogens is 318 g/mol. The third-order valence-electron chi connectivity index (χ3n) is 4.49. The fourth-order valence-corrected chi connectivity index (χ4v) is 3.76. The summed E-state index contributed by atoms with van der Waals surface area (Å²) in [5.41, 5.74) is 6.78. The van der Waals surface area contributed by atoms with Gasteiger partial charge in [0, 0.05) is 24.2 Å². The highest BCUT2D eigenvalue weighted by Crippen LogP contribution is 2.30. The smallest absolute Gasteiger partial charge is 0.116 e. The van der Waals surface area contributed by atoms with Crippen LogP contribution in [0, 0.1) is 13.8 Å². The molecule has 1 aromatic carbocycles. The van der Waals surface area contributed by atoms with E-state index in [0.29, 0.717) is 0 Å². The van der Waals surface area contributed by atoms with Crippen LogP contribution in [0.15, 0.2) is 36.2 Å². The summed E-state index contributed by atoms with van der Waals surface area (Å²) in [7, 11) is 1.92. The van der Waals surface area contributed by atoms with E-state index in [2.05, 4.69) is 52.9 Å². The molecule has 0 saturated carbocycles. The van der Waals surface area contributed by atoms with Gasteiger partial charge in [0.15, 0.2) is 0 Å². The lowest BCUT2D eigenvalue weighted by atomic mass is 10.1. The normalized spacial score (nSPS) is 12.8. The lowest BCUT2D eigenvalue weighted by Crippen LogP contribution is -2.05. The molecule has 5 nitrogen and oxygen atoms in total. The standard InChI is InChI=1S/C18H19N5S/c1-11-5-15-17(6-12(11)2)23(10-19-15)13(3)18-21-16(9-24-18)14-7-20-22(4)8-14/h5-10,13H,1-4H3/t13-/m0/s1. The summed E-state index contributed by atoms with van der Waals surface area (Å²) in [6.07, 6.45) is 5.75. The van der Waals surface area contributed by atoms with E-state index in [1.54, 1.807) is 16.0 Å². The van der Waals surface area contributed by atoms with Gasteiger partial charge in [-0.25, -0.2) is 9.97 Å². The molecule has 3 aromatic heterocycles. The molecular formula is C18H19N5S. The maximum atomic E-state index is 4.81. The van der Waals surface area contributed by atoms with Crippen LogP contribution >= 0.6 is 11.3 Å². The summed E-state index contributed by atoms with van der Waals surface area (Å²) in [5, 5.41) is 7.39. The van der Waals surface area contributed by atoms with E-state index in [9.17, 15) is 0 Å². The number of nitrogens with zero attached hydrogens (tertiary/aromatic N) is 5. The van der Waals surface area contributed by atoms with Crippen molar-refractivity contribution in [2.45, 2.75) is 26.8 Å². The fourth-order valence-electron chi connectivity index (χ4n) is 2.88. The molecule has 0 spiro atoms. The number of aromatic nitrogens is 5. The lowest BCUT2D eigenvalue weighted by molar-refractivity contribution is 0.653. The van der Waals surface area contributed by atoms with E-state index in [0.717, 1.165) is 27.3 Å². The molecule has 0 N–H and O–H groups in total. The Morgan fingerprint density at radius 1 is 1.17 bits per heavy atom. The van der Waals surface area contributed by atoms with Gasteiger partial charge in [0.2, 0.25) is 0 Å². The maximum Gasteiger partial charge on any atom is 0.116 e. The minimum atomic E-state index is 0.146. The summed E-state index contributed by atoms with van der Waals surface area (Å²) in [6.45, 7) is 6.43. The van der Waals surface area contributed by atoms with Gasteiger partial charge in [-0.15, -0.1) is 11.3 Å². The van der Waals surface area contributed by atoms with Gasteiger partial charge in [-0.2, -0.15) is 5.10 Å². The van der Waals surface area contributed by atoms with Gasteiger partial charge in [0.1, 0.15) is 5.01 Å². The zero-order valence-corrected chi connectivity index (χ0v) is 15.0. The molecule has 0 aliphatic rings. The van der Waals surface area contributed by atoms with Crippen LogP contribution in [-0.2, 0) is 7.05 Å². The average molecular weight is 337 g/mol. The predicted octanol–water partition coefficient (Wildman–Crippen LogP) is 4.12. The van der Waals surface area contributed by atoms with Crippen molar-refractivity contribution in [3.63, 3.8) is 0 Å². The number of thiazole rings is 1. The highest BCUT2D eigenvalue weighted by molar-refractivity contribution is 7.10. The van der Waals surface area contributed by atoms with Crippen LogP contribution in [0.1, 0.15) is 29.1 Å². The number of fused-ring (bicyclic) bond motifs is 1. The van der Waals surface area contributed by atoms with Crippen molar-refractivity contribution in [3.05, 3.63) is 52.4 Å². The van der Waals surface area contributed by atoms with Gasteiger partial charge in [-0.3, -0.25) is 4.68 Å². The third kappa shape index (κ3) is 2.43. The van der Waals surface area contributed by atoms with Crippen molar-refractivity contribution in [3.8, 4) is 11.3 Å². The summed E-state index contributed by atoms with van der Waals surface area (Å²) in [4.78, 5) is 9.38. The SMILES string of the molecule is Cc1cc2ncn([C@@H](C)c3nc(-c4cnn(C)c4)cs3)c2cc1C. The second-order valence-corrected chi connectivity index (χ2v) is 7.12. The van der Waals surface area contributed by atoms with Crippen LogP contribution in [0.4, 0.5) is 0 Å². The van der Waals surface area contributed by atoms with Crippen LogP contribution in [-0.4, -0.2) is 24.3 Å². The Morgan fingerprint density at radius 3 is 2.71 bits per heavy atom. The van der Waals surface area contributed by atoms with Crippen molar-refractivity contribution in [2.24, 2.45) is 7.05 Å². The van der Waals surface area contributed by atoms with Crippen molar-refractivity contribution < 1.29 is 0 Å². The Hall–Kier alpha value is -2.47. The molecule has 4 rings (SSSR count). The van der Waals surface area contributed by atoms with Crippen molar-refractivity contribution in [1.29, 1.82) is 0 Å². The largest absolute Gasteiger partial charge is 0.321 e. The Bertz CT molecular complexity index is 1020. The number of hydrogen-bond acceptors (Lipinski definition) is 4.